The van der Waals surface area contributed by atoms with Crippen molar-refractivity contribution in [1.29, 1.82) is 0 Å². The Labute approximate surface area is 166 Å². The van der Waals surface area contributed by atoms with Crippen molar-refractivity contribution in [3.05, 3.63) is 63.6 Å². The number of amides is 1. The molecule has 0 saturated heterocycles. The lowest BCUT2D eigenvalue weighted by Gasteiger charge is -2.06. The Morgan fingerprint density at radius 2 is 1.78 bits per heavy atom. The average Bonchev–Trinajstić information content (AvgIpc) is 3.08. The molecule has 0 atom stereocenters. The SMILES string of the molecule is O=C(Nc1ccc(Cl)c(Cl)c1)c1csc(Nc2ccc(OC(F)F)cc2)n1. The van der Waals surface area contributed by atoms with Crippen LogP contribution in [0, 0.1) is 0 Å². The van der Waals surface area contributed by atoms with Gasteiger partial charge in [-0.2, -0.15) is 8.78 Å². The van der Waals surface area contributed by atoms with Crippen LogP contribution in [0.4, 0.5) is 25.3 Å². The van der Waals surface area contributed by atoms with E-state index in [1.165, 1.54) is 29.5 Å². The largest absolute Gasteiger partial charge is 0.435 e. The number of ether oxygens (including phenoxy) is 1. The second kappa shape index (κ2) is 8.51. The minimum atomic E-state index is -2.88. The zero-order valence-corrected chi connectivity index (χ0v) is 15.7. The molecule has 3 rings (SSSR count). The van der Waals surface area contributed by atoms with Crippen LogP contribution in [0.25, 0.3) is 0 Å². The Morgan fingerprint density at radius 3 is 2.44 bits per heavy atom. The van der Waals surface area contributed by atoms with E-state index in [-0.39, 0.29) is 11.4 Å². The fourth-order valence-electron chi connectivity index (χ4n) is 2.05. The first-order valence-corrected chi connectivity index (χ1v) is 9.08. The van der Waals surface area contributed by atoms with E-state index in [0.29, 0.717) is 26.6 Å². The van der Waals surface area contributed by atoms with Gasteiger partial charge in [0.1, 0.15) is 11.4 Å². The van der Waals surface area contributed by atoms with Crippen molar-refractivity contribution in [2.45, 2.75) is 6.61 Å². The van der Waals surface area contributed by atoms with Crippen LogP contribution >= 0.6 is 34.5 Å². The summed E-state index contributed by atoms with van der Waals surface area (Å²) in [7, 11) is 0. The summed E-state index contributed by atoms with van der Waals surface area (Å²) < 4.78 is 28.6. The summed E-state index contributed by atoms with van der Waals surface area (Å²) in [6.07, 6.45) is 0. The maximum atomic E-state index is 12.3. The number of carbonyl (C=O) groups is 1. The van der Waals surface area contributed by atoms with Gasteiger partial charge in [0.2, 0.25) is 0 Å². The van der Waals surface area contributed by atoms with E-state index < -0.39 is 12.5 Å². The molecule has 140 valence electrons. The standard InChI is InChI=1S/C17H11Cl2F2N3O2S/c18-12-6-3-10(7-13(12)19)22-15(25)14-8-27-17(24-14)23-9-1-4-11(5-2-9)26-16(20)21/h1-8,16H,(H,22,25)(H,23,24). The Hall–Kier alpha value is -2.42. The lowest BCUT2D eigenvalue weighted by molar-refractivity contribution is -0.0498. The van der Waals surface area contributed by atoms with E-state index in [1.54, 1.807) is 29.6 Å². The molecule has 3 aromatic rings. The predicted molar refractivity (Wildman–Crippen MR) is 103 cm³/mol. The number of nitrogens with zero attached hydrogens (tertiary/aromatic N) is 1. The van der Waals surface area contributed by atoms with Gasteiger partial charge in [-0.1, -0.05) is 23.2 Å². The highest BCUT2D eigenvalue weighted by Gasteiger charge is 2.12. The van der Waals surface area contributed by atoms with Gasteiger partial charge in [-0.3, -0.25) is 4.79 Å². The summed E-state index contributed by atoms with van der Waals surface area (Å²) in [4.78, 5) is 16.5. The molecule has 1 heterocycles. The monoisotopic (exact) mass is 429 g/mol. The summed E-state index contributed by atoms with van der Waals surface area (Å²) in [6.45, 7) is -2.88. The highest BCUT2D eigenvalue weighted by molar-refractivity contribution is 7.14. The Bertz CT molecular complexity index is 952. The Balaban J connectivity index is 1.63. The molecule has 0 aliphatic carbocycles. The normalized spacial score (nSPS) is 10.7. The molecule has 0 bridgehead atoms. The molecule has 10 heteroatoms. The van der Waals surface area contributed by atoms with Crippen molar-refractivity contribution < 1.29 is 18.3 Å². The van der Waals surface area contributed by atoms with Crippen LogP contribution < -0.4 is 15.4 Å². The van der Waals surface area contributed by atoms with Gasteiger partial charge >= 0.3 is 6.61 Å². The third-order valence-corrected chi connectivity index (χ3v) is 4.74. The van der Waals surface area contributed by atoms with Crippen molar-refractivity contribution in [2.24, 2.45) is 0 Å². The Kier molecular flexibility index (Phi) is 6.10. The molecule has 0 spiro atoms. The van der Waals surface area contributed by atoms with Crippen LogP contribution in [0.2, 0.25) is 10.0 Å². The minimum absolute atomic E-state index is 0.0522. The number of hydrogen-bond donors (Lipinski definition) is 2. The topological polar surface area (TPSA) is 63.2 Å². The molecular formula is C17H11Cl2F2N3O2S. The molecule has 0 unspecified atom stereocenters. The molecule has 1 amide bonds. The molecule has 0 saturated carbocycles. The second-order valence-electron chi connectivity index (χ2n) is 5.15. The lowest BCUT2D eigenvalue weighted by Crippen LogP contribution is -2.12. The third kappa shape index (κ3) is 5.29. The van der Waals surface area contributed by atoms with Crippen molar-refractivity contribution in [2.75, 3.05) is 10.6 Å². The van der Waals surface area contributed by atoms with Crippen LogP contribution in [0.1, 0.15) is 10.5 Å². The van der Waals surface area contributed by atoms with E-state index >= 15 is 0 Å². The molecule has 1 aromatic heterocycles. The fourth-order valence-corrected chi connectivity index (χ4v) is 3.06. The van der Waals surface area contributed by atoms with Crippen LogP contribution in [0.5, 0.6) is 5.75 Å². The zero-order chi connectivity index (χ0) is 19.4. The molecular weight excluding hydrogens is 419 g/mol. The quantitative estimate of drug-likeness (QED) is 0.500. The number of anilines is 3. The Morgan fingerprint density at radius 1 is 1.07 bits per heavy atom. The highest BCUT2D eigenvalue weighted by atomic mass is 35.5. The van der Waals surface area contributed by atoms with Gasteiger partial charge in [-0.05, 0) is 42.5 Å². The molecule has 0 aliphatic rings. The smallest absolute Gasteiger partial charge is 0.387 e. The van der Waals surface area contributed by atoms with Crippen molar-refractivity contribution >= 4 is 57.0 Å². The molecule has 0 aliphatic heterocycles. The average molecular weight is 430 g/mol. The summed E-state index contributed by atoms with van der Waals surface area (Å²) in [5.41, 5.74) is 1.32. The predicted octanol–water partition coefficient (Wildman–Crippen LogP) is 6.05. The van der Waals surface area contributed by atoms with E-state index in [0.717, 1.165) is 0 Å². The van der Waals surface area contributed by atoms with Crippen molar-refractivity contribution in [3.63, 3.8) is 0 Å². The first-order chi connectivity index (χ1) is 12.9. The summed E-state index contributed by atoms with van der Waals surface area (Å²) in [5.74, 6) is -0.352. The number of nitrogens with one attached hydrogen (secondary N) is 2. The van der Waals surface area contributed by atoms with Crippen LogP contribution in [0.3, 0.4) is 0 Å². The van der Waals surface area contributed by atoms with Gasteiger partial charge < -0.3 is 15.4 Å². The summed E-state index contributed by atoms with van der Waals surface area (Å²) >= 11 is 13.0. The van der Waals surface area contributed by atoms with E-state index in [9.17, 15) is 13.6 Å². The highest BCUT2D eigenvalue weighted by Crippen LogP contribution is 2.26. The van der Waals surface area contributed by atoms with Crippen LogP contribution in [0.15, 0.2) is 47.8 Å². The maximum absolute atomic E-state index is 12.3. The maximum Gasteiger partial charge on any atom is 0.387 e. The van der Waals surface area contributed by atoms with E-state index in [4.69, 9.17) is 23.2 Å². The minimum Gasteiger partial charge on any atom is -0.435 e. The van der Waals surface area contributed by atoms with Crippen LogP contribution in [-0.2, 0) is 0 Å². The first kappa shape index (κ1) is 19.3. The molecule has 5 nitrogen and oxygen atoms in total. The van der Waals surface area contributed by atoms with Gasteiger partial charge in [0, 0.05) is 16.8 Å². The summed E-state index contributed by atoms with van der Waals surface area (Å²) in [6, 6.07) is 10.7. The van der Waals surface area contributed by atoms with E-state index in [2.05, 4.69) is 20.4 Å². The number of carbonyl (C=O) groups excluding carboxylic acids is 1. The van der Waals surface area contributed by atoms with E-state index in [1.807, 2.05) is 0 Å². The number of aromatic nitrogens is 1. The number of thiazole rings is 1. The van der Waals surface area contributed by atoms with Crippen LogP contribution in [-0.4, -0.2) is 17.5 Å². The fraction of sp³-hybridized carbons (Fsp3) is 0.0588. The third-order valence-electron chi connectivity index (χ3n) is 3.25. The summed E-state index contributed by atoms with van der Waals surface area (Å²) in [5, 5.41) is 8.43. The van der Waals surface area contributed by atoms with Gasteiger partial charge in [0.25, 0.3) is 5.91 Å². The zero-order valence-electron chi connectivity index (χ0n) is 13.4. The number of alkyl halides is 2. The van der Waals surface area contributed by atoms with Gasteiger partial charge in [-0.25, -0.2) is 4.98 Å². The molecule has 2 N–H and O–H groups in total. The van der Waals surface area contributed by atoms with Gasteiger partial charge in [0.15, 0.2) is 5.13 Å². The van der Waals surface area contributed by atoms with Crippen molar-refractivity contribution in [3.8, 4) is 5.75 Å². The number of hydrogen-bond acceptors (Lipinski definition) is 5. The number of benzene rings is 2. The van der Waals surface area contributed by atoms with Gasteiger partial charge in [0.05, 0.1) is 10.0 Å². The molecule has 27 heavy (non-hydrogen) atoms. The lowest BCUT2D eigenvalue weighted by atomic mass is 10.3. The van der Waals surface area contributed by atoms with Gasteiger partial charge in [-0.15, -0.1) is 11.3 Å². The number of halogens is 4. The second-order valence-corrected chi connectivity index (χ2v) is 6.82. The number of rotatable bonds is 6. The molecule has 2 aromatic carbocycles. The molecule has 0 fully saturated rings. The molecule has 0 radical (unpaired) electrons. The van der Waals surface area contributed by atoms with Crippen molar-refractivity contribution in [1.82, 2.24) is 4.98 Å². The first-order valence-electron chi connectivity index (χ1n) is 7.44.